The van der Waals surface area contributed by atoms with E-state index in [0.29, 0.717) is 26.2 Å². The molecule has 2 aromatic rings. The van der Waals surface area contributed by atoms with Crippen LogP contribution in [0.15, 0.2) is 24.3 Å². The topological polar surface area (TPSA) is 52.5 Å². The molecule has 1 N–H and O–H groups in total. The summed E-state index contributed by atoms with van der Waals surface area (Å²) >= 11 is 0. The zero-order valence-corrected chi connectivity index (χ0v) is 20.1. The van der Waals surface area contributed by atoms with E-state index in [2.05, 4.69) is 68.0 Å². The molecule has 4 rings (SSSR count). The molecule has 1 atom stereocenters. The number of hydrogen-bond acceptors (Lipinski definition) is 3. The van der Waals surface area contributed by atoms with Gasteiger partial charge in [-0.3, -0.25) is 4.79 Å². The maximum Gasteiger partial charge on any atom is 0.220 e. The van der Waals surface area contributed by atoms with Crippen LogP contribution in [0.5, 0.6) is 5.75 Å². The van der Waals surface area contributed by atoms with Crippen LogP contribution in [0, 0.1) is 11.8 Å². The van der Waals surface area contributed by atoms with Gasteiger partial charge in [0.25, 0.3) is 0 Å². The lowest BCUT2D eigenvalue weighted by Gasteiger charge is -2.36. The van der Waals surface area contributed by atoms with Crippen molar-refractivity contribution in [1.82, 2.24) is 9.88 Å². The third kappa shape index (κ3) is 4.59. The molecule has 30 heavy (non-hydrogen) atoms. The summed E-state index contributed by atoms with van der Waals surface area (Å²) < 4.78 is 15.3. The number of fused-ring (bicyclic) bond motifs is 1. The van der Waals surface area contributed by atoms with Crippen LogP contribution in [-0.2, 0) is 22.4 Å². The van der Waals surface area contributed by atoms with E-state index in [1.807, 2.05) is 0 Å². The van der Waals surface area contributed by atoms with Crippen molar-refractivity contribution in [2.75, 3.05) is 13.2 Å². The van der Waals surface area contributed by atoms with Crippen molar-refractivity contribution in [3.05, 3.63) is 30.0 Å². The molecule has 6 heteroatoms. The Hall–Kier alpha value is -1.79. The number of amides is 1. The lowest BCUT2D eigenvalue weighted by atomic mass is 10.1. The van der Waals surface area contributed by atoms with Crippen molar-refractivity contribution < 1.29 is 14.0 Å². The summed E-state index contributed by atoms with van der Waals surface area (Å²) in [5.41, 5.74) is 2.42. The second-order valence-electron chi connectivity index (χ2n) is 10.6. The number of carbonyl (C=O) groups is 1. The third-order valence-electron chi connectivity index (χ3n) is 7.03. The summed E-state index contributed by atoms with van der Waals surface area (Å²) in [5.74, 6) is 2.06. The van der Waals surface area contributed by atoms with Gasteiger partial charge in [0, 0.05) is 36.5 Å². The molecule has 0 bridgehead atoms. The highest BCUT2D eigenvalue weighted by atomic mass is 28.4. The molecule has 0 unspecified atom stereocenters. The molecule has 164 valence electrons. The molecule has 1 saturated carbocycles. The first kappa shape index (κ1) is 21.4. The maximum absolute atomic E-state index is 11.5. The van der Waals surface area contributed by atoms with E-state index < -0.39 is 8.32 Å². The lowest BCUT2D eigenvalue weighted by Crippen LogP contribution is -2.40. The molecular formula is C24H36N2O3Si. The Morgan fingerprint density at radius 2 is 1.97 bits per heavy atom. The van der Waals surface area contributed by atoms with Crippen LogP contribution in [0.1, 0.15) is 45.7 Å². The van der Waals surface area contributed by atoms with Gasteiger partial charge in [0.15, 0.2) is 8.32 Å². The normalized spacial score (nSPS) is 20.0. The van der Waals surface area contributed by atoms with E-state index >= 15 is 0 Å². The fraction of sp³-hybridized carbons (Fsp3) is 0.625. The van der Waals surface area contributed by atoms with Crippen LogP contribution in [0.2, 0.25) is 18.1 Å². The Labute approximate surface area is 181 Å². The zero-order chi connectivity index (χ0) is 21.5. The van der Waals surface area contributed by atoms with Gasteiger partial charge in [-0.25, -0.2) is 0 Å². The van der Waals surface area contributed by atoms with Crippen molar-refractivity contribution in [1.29, 1.82) is 0 Å². The fourth-order valence-corrected chi connectivity index (χ4v) is 4.75. The summed E-state index contributed by atoms with van der Waals surface area (Å²) in [4.78, 5) is 11.5. The molecular weight excluding hydrogens is 392 g/mol. The van der Waals surface area contributed by atoms with Crippen LogP contribution in [0.4, 0.5) is 0 Å². The van der Waals surface area contributed by atoms with Crippen molar-refractivity contribution >= 4 is 25.1 Å². The highest BCUT2D eigenvalue weighted by molar-refractivity contribution is 6.74. The van der Waals surface area contributed by atoms with Gasteiger partial charge in [-0.15, -0.1) is 0 Å². The summed E-state index contributed by atoms with van der Waals surface area (Å²) in [7, 11) is -1.82. The highest BCUT2D eigenvalue weighted by Gasteiger charge is 2.37. The number of benzene rings is 1. The monoisotopic (exact) mass is 428 g/mol. The largest absolute Gasteiger partial charge is 0.491 e. The van der Waals surface area contributed by atoms with Crippen molar-refractivity contribution in [2.24, 2.45) is 11.8 Å². The molecule has 2 fully saturated rings. The molecule has 5 nitrogen and oxygen atoms in total. The Kier molecular flexibility index (Phi) is 5.75. The van der Waals surface area contributed by atoms with Gasteiger partial charge in [-0.2, -0.15) is 0 Å². The third-order valence-corrected chi connectivity index (χ3v) is 11.5. The Morgan fingerprint density at radius 1 is 1.20 bits per heavy atom. The van der Waals surface area contributed by atoms with Gasteiger partial charge in [-0.05, 0) is 49.0 Å². The van der Waals surface area contributed by atoms with Crippen LogP contribution >= 0.6 is 0 Å². The molecule has 1 aromatic heterocycles. The molecule has 0 spiro atoms. The van der Waals surface area contributed by atoms with Gasteiger partial charge >= 0.3 is 0 Å². The first-order valence-electron chi connectivity index (χ1n) is 11.3. The minimum atomic E-state index is -1.82. The number of aromatic nitrogens is 1. The van der Waals surface area contributed by atoms with Crippen molar-refractivity contribution in [3.8, 4) is 5.75 Å². The predicted molar refractivity (Wildman–Crippen MR) is 123 cm³/mol. The second kappa shape index (κ2) is 8.04. The van der Waals surface area contributed by atoms with Gasteiger partial charge in [-0.1, -0.05) is 32.9 Å². The summed E-state index contributed by atoms with van der Waals surface area (Å²) in [6, 6.07) is 8.57. The number of nitrogens with one attached hydrogen (secondary N) is 1. The van der Waals surface area contributed by atoms with E-state index in [-0.39, 0.29) is 16.9 Å². The predicted octanol–water partition coefficient (Wildman–Crippen LogP) is 5.09. The van der Waals surface area contributed by atoms with E-state index in [0.717, 1.165) is 18.2 Å². The van der Waals surface area contributed by atoms with Crippen LogP contribution in [-0.4, -0.2) is 31.9 Å². The number of carbonyl (C=O) groups excluding carboxylic acids is 1. The van der Waals surface area contributed by atoms with Gasteiger partial charge in [0.1, 0.15) is 5.75 Å². The van der Waals surface area contributed by atoms with E-state index in [4.69, 9.17) is 9.16 Å². The average molecular weight is 429 g/mol. The van der Waals surface area contributed by atoms with E-state index in [1.165, 1.54) is 29.4 Å². The molecule has 2 heterocycles. The number of rotatable bonds is 8. The van der Waals surface area contributed by atoms with Crippen molar-refractivity contribution in [2.45, 2.75) is 71.3 Å². The number of ether oxygens (including phenoxy) is 1. The summed E-state index contributed by atoms with van der Waals surface area (Å²) in [6.07, 6.45) is 3.17. The average Bonchev–Trinajstić information content (AvgIpc) is 3.28. The second-order valence-corrected chi connectivity index (χ2v) is 15.4. The first-order chi connectivity index (χ1) is 14.1. The number of para-hydroxylation sites is 1. The van der Waals surface area contributed by atoms with E-state index in [1.54, 1.807) is 0 Å². The Bertz CT molecular complexity index is 924. The quantitative estimate of drug-likeness (QED) is 0.596. The number of nitrogens with zero attached hydrogens (tertiary/aromatic N) is 1. The first-order valence-corrected chi connectivity index (χ1v) is 14.2. The molecule has 1 amide bonds. The SMILES string of the molecule is CC(C)(C)[Si](C)(C)OCc1cc2cccc(OC[C@@H]3CNC(=O)C3)c2n1CC1CC1. The number of hydrogen-bond donors (Lipinski definition) is 1. The standard InChI is InChI=1S/C24H36N2O3Si/c1-24(2,3)30(4,5)29-16-20-12-19-7-6-8-21(23(19)26(20)14-17-9-10-17)28-15-18-11-22(27)25-13-18/h6-8,12,17-18H,9-11,13-16H2,1-5H3,(H,25,27)/t18-/m0/s1. The van der Waals surface area contributed by atoms with Crippen LogP contribution < -0.4 is 10.1 Å². The molecule has 0 radical (unpaired) electrons. The molecule has 1 saturated heterocycles. The van der Waals surface area contributed by atoms with Gasteiger partial charge in [0.2, 0.25) is 5.91 Å². The van der Waals surface area contributed by atoms with Gasteiger partial charge in [0.05, 0.1) is 18.7 Å². The minimum Gasteiger partial charge on any atom is -0.491 e. The fourth-order valence-electron chi connectivity index (χ4n) is 3.81. The lowest BCUT2D eigenvalue weighted by molar-refractivity contribution is -0.119. The molecule has 1 aromatic carbocycles. The van der Waals surface area contributed by atoms with Crippen molar-refractivity contribution in [3.63, 3.8) is 0 Å². The molecule has 1 aliphatic heterocycles. The maximum atomic E-state index is 11.5. The van der Waals surface area contributed by atoms with Crippen LogP contribution in [0.25, 0.3) is 10.9 Å². The van der Waals surface area contributed by atoms with Crippen LogP contribution in [0.3, 0.4) is 0 Å². The zero-order valence-electron chi connectivity index (χ0n) is 19.1. The van der Waals surface area contributed by atoms with E-state index in [9.17, 15) is 4.79 Å². The molecule has 2 aliphatic rings. The Balaban J connectivity index is 1.60. The van der Waals surface area contributed by atoms with Gasteiger partial charge < -0.3 is 19.0 Å². The smallest absolute Gasteiger partial charge is 0.220 e. The summed E-state index contributed by atoms with van der Waals surface area (Å²) in [5, 5.41) is 4.31. The Morgan fingerprint density at radius 3 is 2.60 bits per heavy atom. The minimum absolute atomic E-state index is 0.129. The molecule has 1 aliphatic carbocycles. The highest BCUT2D eigenvalue weighted by Crippen LogP contribution is 2.39. The summed E-state index contributed by atoms with van der Waals surface area (Å²) in [6.45, 7) is 14.4.